The Morgan fingerprint density at radius 1 is 0.920 bits per heavy atom. The van der Waals surface area contributed by atoms with Crippen LogP contribution in [0, 0.1) is 0 Å². The summed E-state index contributed by atoms with van der Waals surface area (Å²) < 4.78 is 0. The lowest BCUT2D eigenvalue weighted by Gasteiger charge is -2.10. The topological polar surface area (TPSA) is 42.3 Å². The number of benzene rings is 2. The van der Waals surface area contributed by atoms with Gasteiger partial charge in [0.1, 0.15) is 0 Å². The van der Waals surface area contributed by atoms with Gasteiger partial charge in [0.2, 0.25) is 0 Å². The Hall–Kier alpha value is -3.46. The van der Waals surface area contributed by atoms with E-state index in [4.69, 9.17) is 0 Å². The molecule has 3 nitrogen and oxygen atoms in total. The number of nitrogens with zero attached hydrogens (tertiary/aromatic N) is 1. The van der Waals surface area contributed by atoms with Gasteiger partial charge in [-0.3, -0.25) is 4.99 Å². The Morgan fingerprint density at radius 2 is 1.80 bits per heavy atom. The second-order valence-corrected chi connectivity index (χ2v) is 6.10. The first kappa shape index (κ1) is 13.9. The lowest BCUT2D eigenvalue weighted by atomic mass is 9.91. The highest BCUT2D eigenvalue weighted by Crippen LogP contribution is 2.40. The van der Waals surface area contributed by atoms with Crippen LogP contribution in [-0.2, 0) is 0 Å². The van der Waals surface area contributed by atoms with Gasteiger partial charge < -0.3 is 4.98 Å². The van der Waals surface area contributed by atoms with E-state index in [9.17, 15) is 0 Å². The zero-order chi connectivity index (χ0) is 16.6. The van der Waals surface area contributed by atoms with Crippen molar-refractivity contribution in [3.05, 3.63) is 95.9 Å². The lowest BCUT2D eigenvalue weighted by Crippen LogP contribution is -2.02. The predicted octanol–water partition coefficient (Wildman–Crippen LogP) is 4.66. The van der Waals surface area contributed by atoms with Crippen molar-refractivity contribution in [1.29, 1.82) is 0 Å². The molecule has 2 N–H and O–H groups in total. The number of hydrogen-bond donors (Lipinski definition) is 1. The molecule has 0 aliphatic carbocycles. The summed E-state index contributed by atoms with van der Waals surface area (Å²) in [5, 5.41) is 1.21. The molecule has 1 aliphatic heterocycles. The minimum Gasteiger partial charge on any atom is -0.361 e. The number of pyridine rings is 1. The molecule has 0 unspecified atom stereocenters. The third kappa shape index (κ3) is 2.21. The molecule has 5 rings (SSSR count). The van der Waals surface area contributed by atoms with Crippen LogP contribution in [0.25, 0.3) is 22.0 Å². The molecule has 2 aromatic heterocycles. The molecule has 0 atom stereocenters. The van der Waals surface area contributed by atoms with Gasteiger partial charge >= 0.3 is 0 Å². The van der Waals surface area contributed by atoms with E-state index in [1.165, 1.54) is 22.1 Å². The van der Waals surface area contributed by atoms with E-state index in [2.05, 4.69) is 69.7 Å². The van der Waals surface area contributed by atoms with Crippen LogP contribution in [0.15, 0.2) is 84.2 Å². The van der Waals surface area contributed by atoms with E-state index in [1.54, 1.807) is 0 Å². The van der Waals surface area contributed by atoms with Crippen molar-refractivity contribution in [2.45, 2.75) is 0 Å². The maximum absolute atomic E-state index is 4.61. The van der Waals surface area contributed by atoms with Gasteiger partial charge in [-0.05, 0) is 18.2 Å². The van der Waals surface area contributed by atoms with Gasteiger partial charge in [-0.25, -0.2) is 4.98 Å². The quantitative estimate of drug-likeness (QED) is 0.558. The summed E-state index contributed by atoms with van der Waals surface area (Å²) in [4.78, 5) is 11.2. The SMILES string of the molecule is C1=Nc2ccccc2C1=C(c1ccc[nH+]c1)c1c[nH]c2ccccc12. The third-order valence-corrected chi connectivity index (χ3v) is 4.65. The number of H-pyrrole nitrogens is 2. The Bertz CT molecular complexity index is 1130. The highest BCUT2D eigenvalue weighted by Gasteiger charge is 2.21. The van der Waals surface area contributed by atoms with Crippen molar-refractivity contribution in [2.75, 3.05) is 0 Å². The van der Waals surface area contributed by atoms with Crippen LogP contribution >= 0.6 is 0 Å². The van der Waals surface area contributed by atoms with Crippen LogP contribution in [0.1, 0.15) is 16.7 Å². The molecule has 1 aliphatic rings. The second-order valence-electron chi connectivity index (χ2n) is 6.10. The van der Waals surface area contributed by atoms with Gasteiger partial charge in [0.15, 0.2) is 12.4 Å². The first-order valence-corrected chi connectivity index (χ1v) is 8.32. The van der Waals surface area contributed by atoms with Crippen molar-refractivity contribution < 1.29 is 4.98 Å². The van der Waals surface area contributed by atoms with E-state index < -0.39 is 0 Å². The molecule has 0 saturated carbocycles. The number of fused-ring (bicyclic) bond motifs is 2. The van der Waals surface area contributed by atoms with Crippen LogP contribution in [-0.4, -0.2) is 11.2 Å². The van der Waals surface area contributed by atoms with Crippen molar-refractivity contribution in [2.24, 2.45) is 4.99 Å². The fourth-order valence-corrected chi connectivity index (χ4v) is 3.50. The fraction of sp³-hybridized carbons (Fsp3) is 0. The number of nitrogens with one attached hydrogen (secondary N) is 2. The maximum atomic E-state index is 4.61. The zero-order valence-electron chi connectivity index (χ0n) is 13.5. The van der Waals surface area contributed by atoms with Crippen LogP contribution < -0.4 is 4.98 Å². The van der Waals surface area contributed by atoms with Crippen LogP contribution in [0.3, 0.4) is 0 Å². The molecular formula is C22H16N3+. The summed E-state index contributed by atoms with van der Waals surface area (Å²) in [5.41, 5.74) is 8.00. The van der Waals surface area contributed by atoms with E-state index in [1.807, 2.05) is 30.7 Å². The summed E-state index contributed by atoms with van der Waals surface area (Å²) in [7, 11) is 0. The van der Waals surface area contributed by atoms with E-state index >= 15 is 0 Å². The number of allylic oxidation sites excluding steroid dienone is 1. The molecule has 25 heavy (non-hydrogen) atoms. The molecule has 118 valence electrons. The van der Waals surface area contributed by atoms with E-state index in [0.717, 1.165) is 22.3 Å². The van der Waals surface area contributed by atoms with Crippen molar-refractivity contribution in [1.82, 2.24) is 4.98 Å². The standard InChI is InChI=1S/C22H15N3/c1-3-9-20-16(7-1)18(13-24-20)22(15-6-5-11-23-12-15)19-14-25-21-10-4-2-8-17(19)21/h1-14,24H/p+1. The Balaban J connectivity index is 1.86. The monoisotopic (exact) mass is 322 g/mol. The number of para-hydroxylation sites is 2. The molecule has 2 aromatic carbocycles. The molecule has 0 spiro atoms. The van der Waals surface area contributed by atoms with Crippen LogP contribution in [0.4, 0.5) is 5.69 Å². The van der Waals surface area contributed by atoms with Gasteiger partial charge in [0.05, 0.1) is 5.69 Å². The molecule has 4 aromatic rings. The lowest BCUT2D eigenvalue weighted by molar-refractivity contribution is -0.378. The molecular weight excluding hydrogens is 306 g/mol. The Kier molecular flexibility index (Phi) is 3.10. The number of hydrogen-bond acceptors (Lipinski definition) is 1. The first-order chi connectivity index (χ1) is 12.4. The van der Waals surface area contributed by atoms with E-state index in [-0.39, 0.29) is 0 Å². The van der Waals surface area contributed by atoms with Crippen molar-refractivity contribution in [3.63, 3.8) is 0 Å². The predicted molar refractivity (Wildman–Crippen MR) is 102 cm³/mol. The van der Waals surface area contributed by atoms with Gasteiger partial charge in [-0.15, -0.1) is 0 Å². The third-order valence-electron chi connectivity index (χ3n) is 4.65. The molecule has 0 saturated heterocycles. The summed E-state index contributed by atoms with van der Waals surface area (Å²) >= 11 is 0. The Morgan fingerprint density at radius 3 is 2.72 bits per heavy atom. The molecule has 0 fully saturated rings. The zero-order valence-corrected chi connectivity index (χ0v) is 13.5. The average Bonchev–Trinajstić information content (AvgIpc) is 3.29. The normalized spacial score (nSPS) is 14.7. The second kappa shape index (κ2) is 5.56. The van der Waals surface area contributed by atoms with Gasteiger partial charge in [0, 0.05) is 57.2 Å². The van der Waals surface area contributed by atoms with Crippen molar-refractivity contribution >= 4 is 34.0 Å². The van der Waals surface area contributed by atoms with Crippen LogP contribution in [0.2, 0.25) is 0 Å². The summed E-state index contributed by atoms with van der Waals surface area (Å²) in [6, 6.07) is 20.9. The molecule has 0 bridgehead atoms. The maximum Gasteiger partial charge on any atom is 0.174 e. The minimum atomic E-state index is 1.02. The van der Waals surface area contributed by atoms with Crippen LogP contribution in [0.5, 0.6) is 0 Å². The largest absolute Gasteiger partial charge is 0.361 e. The van der Waals surface area contributed by atoms with Gasteiger partial charge in [-0.2, -0.15) is 0 Å². The summed E-state index contributed by atoms with van der Waals surface area (Å²) in [6.07, 6.45) is 8.04. The minimum absolute atomic E-state index is 1.02. The van der Waals surface area contributed by atoms with Gasteiger partial charge in [-0.1, -0.05) is 36.4 Å². The number of aromatic nitrogens is 2. The molecule has 3 heteroatoms. The Labute approximate surface area is 145 Å². The van der Waals surface area contributed by atoms with Crippen molar-refractivity contribution in [3.8, 4) is 0 Å². The highest BCUT2D eigenvalue weighted by atomic mass is 14.8. The van der Waals surface area contributed by atoms with Gasteiger partial charge in [0.25, 0.3) is 0 Å². The molecule has 0 amide bonds. The summed E-state index contributed by atoms with van der Waals surface area (Å²) in [6.45, 7) is 0. The fourth-order valence-electron chi connectivity index (χ4n) is 3.50. The van der Waals surface area contributed by atoms with E-state index in [0.29, 0.717) is 0 Å². The highest BCUT2D eigenvalue weighted by molar-refractivity contribution is 6.27. The first-order valence-electron chi connectivity index (χ1n) is 8.32. The molecule has 3 heterocycles. The smallest absolute Gasteiger partial charge is 0.174 e. The summed E-state index contributed by atoms with van der Waals surface area (Å²) in [5.74, 6) is 0. The molecule has 0 radical (unpaired) electrons. The average molecular weight is 322 g/mol. The number of aliphatic imine (C=N–C) groups is 1. The number of rotatable bonds is 2. The number of aromatic amines is 2.